The molecular weight excluding hydrogens is 292 g/mol. The predicted molar refractivity (Wildman–Crippen MR) is 86.0 cm³/mol. The summed E-state index contributed by atoms with van der Waals surface area (Å²) >= 11 is 6.17. The lowest BCUT2D eigenvalue weighted by molar-refractivity contribution is 0.0527. The van der Waals surface area contributed by atoms with Crippen LogP contribution in [0.1, 0.15) is 36.5 Å². The molecule has 1 aromatic rings. The van der Waals surface area contributed by atoms with Crippen molar-refractivity contribution in [2.24, 2.45) is 0 Å². The maximum atomic E-state index is 12.0. The van der Waals surface area contributed by atoms with Crippen molar-refractivity contribution in [1.82, 2.24) is 0 Å². The molecule has 118 valence electrons. The second kappa shape index (κ2) is 9.47. The van der Waals surface area contributed by atoms with Crippen molar-refractivity contribution in [3.63, 3.8) is 0 Å². The van der Waals surface area contributed by atoms with Crippen molar-refractivity contribution in [2.45, 2.75) is 26.2 Å². The van der Waals surface area contributed by atoms with Gasteiger partial charge in [-0.1, -0.05) is 11.6 Å². The van der Waals surface area contributed by atoms with Crippen molar-refractivity contribution in [3.8, 4) is 0 Å². The van der Waals surface area contributed by atoms with E-state index in [9.17, 15) is 4.79 Å². The second-order valence-electron chi connectivity index (χ2n) is 4.63. The zero-order chi connectivity index (χ0) is 15.7. The number of carbonyl (C=O) groups excluding carboxylic acids is 1. The van der Waals surface area contributed by atoms with Gasteiger partial charge in [0, 0.05) is 25.9 Å². The molecule has 0 amide bonds. The molecule has 0 saturated carbocycles. The lowest BCUT2D eigenvalue weighted by Gasteiger charge is -2.14. The van der Waals surface area contributed by atoms with Crippen LogP contribution < -0.4 is 11.1 Å². The van der Waals surface area contributed by atoms with Crippen LogP contribution in [0, 0.1) is 0 Å². The number of unbranched alkanes of at least 4 members (excludes halogenated alkanes) is 2. The summed E-state index contributed by atoms with van der Waals surface area (Å²) in [5.41, 5.74) is 7.13. The van der Waals surface area contributed by atoms with Gasteiger partial charge in [-0.05, 0) is 38.3 Å². The van der Waals surface area contributed by atoms with Gasteiger partial charge in [0.05, 0.1) is 22.9 Å². The number of ether oxygens (including phenoxy) is 2. The predicted octanol–water partition coefficient (Wildman–Crippen LogP) is 3.33. The van der Waals surface area contributed by atoms with E-state index in [1.807, 2.05) is 0 Å². The average molecular weight is 315 g/mol. The van der Waals surface area contributed by atoms with Crippen molar-refractivity contribution in [3.05, 3.63) is 22.7 Å². The van der Waals surface area contributed by atoms with Gasteiger partial charge in [0.15, 0.2) is 0 Å². The van der Waals surface area contributed by atoms with Crippen LogP contribution in [0.5, 0.6) is 0 Å². The Morgan fingerprint density at radius 2 is 2.10 bits per heavy atom. The van der Waals surface area contributed by atoms with Gasteiger partial charge in [-0.25, -0.2) is 4.79 Å². The molecule has 1 rings (SSSR count). The molecule has 0 aromatic heterocycles. The summed E-state index contributed by atoms with van der Waals surface area (Å²) < 4.78 is 10.0. The fraction of sp³-hybridized carbons (Fsp3) is 0.533. The first kappa shape index (κ1) is 17.6. The number of methoxy groups -OCH3 is 1. The maximum absolute atomic E-state index is 12.0. The Morgan fingerprint density at radius 3 is 2.76 bits per heavy atom. The number of esters is 1. The smallest absolute Gasteiger partial charge is 0.340 e. The number of halogens is 1. The zero-order valence-electron chi connectivity index (χ0n) is 12.6. The van der Waals surface area contributed by atoms with Crippen LogP contribution in [-0.2, 0) is 9.47 Å². The summed E-state index contributed by atoms with van der Waals surface area (Å²) in [7, 11) is 1.69. The first-order valence-electron chi connectivity index (χ1n) is 7.09. The van der Waals surface area contributed by atoms with Gasteiger partial charge in [0.25, 0.3) is 0 Å². The average Bonchev–Trinajstić information content (AvgIpc) is 2.44. The Kier molecular flexibility index (Phi) is 7.93. The molecular formula is C15H23ClN2O3. The molecule has 0 atom stereocenters. The molecule has 21 heavy (non-hydrogen) atoms. The number of nitrogens with one attached hydrogen (secondary N) is 1. The number of anilines is 2. The molecule has 0 heterocycles. The molecule has 1 aromatic carbocycles. The molecule has 3 N–H and O–H groups in total. The van der Waals surface area contributed by atoms with Crippen molar-refractivity contribution in [2.75, 3.05) is 37.9 Å². The number of nitrogens with two attached hydrogens (primary N) is 1. The number of nitrogen functional groups attached to an aromatic ring is 1. The topological polar surface area (TPSA) is 73.6 Å². The Bertz CT molecular complexity index is 466. The highest BCUT2D eigenvalue weighted by Gasteiger charge is 2.16. The SMILES string of the molecule is CCOC(=O)c1cc(N)cc(Cl)c1NCCCCCOC. The maximum Gasteiger partial charge on any atom is 0.340 e. The van der Waals surface area contributed by atoms with Gasteiger partial charge in [0.1, 0.15) is 0 Å². The van der Waals surface area contributed by atoms with Crippen LogP contribution in [0.2, 0.25) is 5.02 Å². The number of benzene rings is 1. The van der Waals surface area contributed by atoms with Crippen LogP contribution in [0.4, 0.5) is 11.4 Å². The van der Waals surface area contributed by atoms with E-state index in [0.717, 1.165) is 32.4 Å². The molecule has 5 nitrogen and oxygen atoms in total. The molecule has 0 saturated heterocycles. The molecule has 0 radical (unpaired) electrons. The summed E-state index contributed by atoms with van der Waals surface area (Å²) in [5, 5.41) is 3.62. The van der Waals surface area contributed by atoms with Gasteiger partial charge >= 0.3 is 5.97 Å². The van der Waals surface area contributed by atoms with E-state index < -0.39 is 5.97 Å². The molecule has 0 spiro atoms. The lowest BCUT2D eigenvalue weighted by Crippen LogP contribution is -2.12. The van der Waals surface area contributed by atoms with Gasteiger partial charge < -0.3 is 20.5 Å². The number of carbonyl (C=O) groups is 1. The van der Waals surface area contributed by atoms with Crippen molar-refractivity contribution in [1.29, 1.82) is 0 Å². The quantitative estimate of drug-likeness (QED) is 0.415. The third kappa shape index (κ3) is 5.81. The van der Waals surface area contributed by atoms with E-state index in [1.165, 1.54) is 0 Å². The minimum atomic E-state index is -0.423. The zero-order valence-corrected chi connectivity index (χ0v) is 13.3. The minimum Gasteiger partial charge on any atom is -0.462 e. The first-order valence-corrected chi connectivity index (χ1v) is 7.46. The summed E-state index contributed by atoms with van der Waals surface area (Å²) in [4.78, 5) is 12.0. The third-order valence-corrected chi connectivity index (χ3v) is 3.23. The van der Waals surface area contributed by atoms with Crippen LogP contribution in [0.3, 0.4) is 0 Å². The standard InChI is InChI=1S/C15H23ClN2O3/c1-3-21-15(19)12-9-11(17)10-13(16)14(12)18-7-5-4-6-8-20-2/h9-10,18H,3-8,17H2,1-2H3. The summed E-state index contributed by atoms with van der Waals surface area (Å²) in [6, 6.07) is 3.20. The van der Waals surface area contributed by atoms with Gasteiger partial charge in [-0.2, -0.15) is 0 Å². The molecule has 0 fully saturated rings. The highest BCUT2D eigenvalue weighted by atomic mass is 35.5. The Balaban J connectivity index is 2.69. The highest BCUT2D eigenvalue weighted by Crippen LogP contribution is 2.30. The van der Waals surface area contributed by atoms with E-state index >= 15 is 0 Å². The van der Waals surface area contributed by atoms with Crippen LogP contribution >= 0.6 is 11.6 Å². The fourth-order valence-corrected chi connectivity index (χ4v) is 2.23. The van der Waals surface area contributed by atoms with Gasteiger partial charge in [0.2, 0.25) is 0 Å². The molecule has 0 unspecified atom stereocenters. The molecule has 6 heteroatoms. The van der Waals surface area contributed by atoms with Crippen LogP contribution in [0.25, 0.3) is 0 Å². The number of rotatable bonds is 9. The summed E-state index contributed by atoms with van der Waals surface area (Å²) in [5.74, 6) is -0.423. The largest absolute Gasteiger partial charge is 0.462 e. The van der Waals surface area contributed by atoms with E-state index in [0.29, 0.717) is 28.6 Å². The highest BCUT2D eigenvalue weighted by molar-refractivity contribution is 6.34. The minimum absolute atomic E-state index is 0.307. The van der Waals surface area contributed by atoms with Crippen LogP contribution in [0.15, 0.2) is 12.1 Å². The summed E-state index contributed by atoms with van der Waals surface area (Å²) in [6.45, 7) is 3.55. The van der Waals surface area contributed by atoms with Crippen molar-refractivity contribution < 1.29 is 14.3 Å². The van der Waals surface area contributed by atoms with E-state index in [4.69, 9.17) is 26.8 Å². The van der Waals surface area contributed by atoms with E-state index in [2.05, 4.69) is 5.32 Å². The monoisotopic (exact) mass is 314 g/mol. The number of hydrogen-bond donors (Lipinski definition) is 2. The molecule has 0 aliphatic rings. The molecule has 0 aliphatic heterocycles. The van der Waals surface area contributed by atoms with E-state index in [-0.39, 0.29) is 0 Å². The van der Waals surface area contributed by atoms with Gasteiger partial charge in [-0.15, -0.1) is 0 Å². The summed E-state index contributed by atoms with van der Waals surface area (Å²) in [6.07, 6.45) is 3.02. The Morgan fingerprint density at radius 1 is 1.33 bits per heavy atom. The van der Waals surface area contributed by atoms with Gasteiger partial charge in [-0.3, -0.25) is 0 Å². The normalized spacial score (nSPS) is 10.4. The Labute approximate surface area is 130 Å². The lowest BCUT2D eigenvalue weighted by atomic mass is 10.1. The Hall–Kier alpha value is -1.46. The first-order chi connectivity index (χ1) is 10.1. The van der Waals surface area contributed by atoms with Crippen LogP contribution in [-0.4, -0.2) is 32.8 Å². The third-order valence-electron chi connectivity index (χ3n) is 2.93. The van der Waals surface area contributed by atoms with E-state index in [1.54, 1.807) is 26.2 Å². The second-order valence-corrected chi connectivity index (χ2v) is 5.03. The molecule has 0 bridgehead atoms. The fourth-order valence-electron chi connectivity index (χ4n) is 1.94. The van der Waals surface area contributed by atoms with Crippen molar-refractivity contribution >= 4 is 28.9 Å². The number of hydrogen-bond acceptors (Lipinski definition) is 5. The molecule has 0 aliphatic carbocycles.